The van der Waals surface area contributed by atoms with Gasteiger partial charge >= 0.3 is 6.18 Å². The summed E-state index contributed by atoms with van der Waals surface area (Å²) >= 11 is 2.28. The van der Waals surface area contributed by atoms with Crippen molar-refractivity contribution in [2.75, 3.05) is 0 Å². The van der Waals surface area contributed by atoms with Gasteiger partial charge in [-0.15, -0.1) is 0 Å². The maximum atomic E-state index is 12.8. The van der Waals surface area contributed by atoms with Crippen LogP contribution < -0.4 is 0 Å². The highest BCUT2D eigenvalue weighted by Crippen LogP contribution is 2.38. The molecule has 0 unspecified atom stereocenters. The third-order valence-electron chi connectivity index (χ3n) is 4.02. The molecule has 1 aliphatic rings. The van der Waals surface area contributed by atoms with Gasteiger partial charge in [0.1, 0.15) is 5.76 Å². The number of benzene rings is 2. The smallest absolute Gasteiger partial charge is 0.416 e. The number of allylic oxidation sites excluding steroid dienone is 1. The summed E-state index contributed by atoms with van der Waals surface area (Å²) in [5, 5.41) is 0. The summed E-state index contributed by atoms with van der Waals surface area (Å²) in [4.78, 5) is 4.50. The zero-order valence-electron chi connectivity index (χ0n) is 14.1. The van der Waals surface area contributed by atoms with Crippen LogP contribution in [0.25, 0.3) is 5.76 Å². The fourth-order valence-electron chi connectivity index (χ4n) is 2.62. The SMILES string of the molecule is CCCC/C(I)=C1/OC(c2ccc(C(F)(F)F)cc2)=Nc2ccccc21. The molecule has 0 fully saturated rings. The molecule has 0 saturated heterocycles. The minimum Gasteiger partial charge on any atom is -0.437 e. The number of nitrogens with zero attached hydrogens (tertiary/aromatic N) is 1. The van der Waals surface area contributed by atoms with Gasteiger partial charge in [0, 0.05) is 14.7 Å². The lowest BCUT2D eigenvalue weighted by atomic mass is 10.1. The Morgan fingerprint density at radius 1 is 1.08 bits per heavy atom. The summed E-state index contributed by atoms with van der Waals surface area (Å²) in [6, 6.07) is 12.5. The molecule has 0 amide bonds. The molecule has 0 N–H and O–H groups in total. The average Bonchev–Trinajstić information content (AvgIpc) is 2.64. The van der Waals surface area contributed by atoms with Crippen molar-refractivity contribution >= 4 is 39.9 Å². The molecule has 2 aromatic rings. The number of aliphatic imine (C=N–C) groups is 1. The van der Waals surface area contributed by atoms with E-state index in [1.54, 1.807) is 0 Å². The normalized spacial score (nSPS) is 15.8. The largest absolute Gasteiger partial charge is 0.437 e. The topological polar surface area (TPSA) is 21.6 Å². The minimum absolute atomic E-state index is 0.318. The molecule has 0 aliphatic carbocycles. The molecule has 1 aliphatic heterocycles. The van der Waals surface area contributed by atoms with Crippen molar-refractivity contribution in [1.29, 1.82) is 0 Å². The molecule has 0 radical (unpaired) electrons. The number of alkyl halides is 3. The van der Waals surface area contributed by atoms with Gasteiger partial charge < -0.3 is 4.74 Å². The Morgan fingerprint density at radius 3 is 2.42 bits per heavy atom. The number of hydrogen-bond acceptors (Lipinski definition) is 2. The van der Waals surface area contributed by atoms with E-state index in [1.165, 1.54) is 12.1 Å². The second-order valence-electron chi connectivity index (χ2n) is 5.95. The van der Waals surface area contributed by atoms with E-state index in [2.05, 4.69) is 34.5 Å². The maximum absolute atomic E-state index is 12.8. The first-order valence-corrected chi connectivity index (χ1v) is 9.40. The molecular formula is C20H17F3INO. The van der Waals surface area contributed by atoms with E-state index in [9.17, 15) is 13.2 Å². The molecule has 6 heteroatoms. The lowest BCUT2D eigenvalue weighted by molar-refractivity contribution is -0.137. The predicted octanol–water partition coefficient (Wildman–Crippen LogP) is 7.11. The van der Waals surface area contributed by atoms with E-state index >= 15 is 0 Å². The molecule has 136 valence electrons. The first-order valence-electron chi connectivity index (χ1n) is 8.32. The van der Waals surface area contributed by atoms with Crippen molar-refractivity contribution < 1.29 is 17.9 Å². The Bertz CT molecular complexity index is 854. The lowest BCUT2D eigenvalue weighted by Gasteiger charge is -2.21. The van der Waals surface area contributed by atoms with E-state index in [0.717, 1.165) is 52.0 Å². The summed E-state index contributed by atoms with van der Waals surface area (Å²) in [7, 11) is 0. The Morgan fingerprint density at radius 2 is 1.77 bits per heavy atom. The highest BCUT2D eigenvalue weighted by atomic mass is 127. The van der Waals surface area contributed by atoms with Gasteiger partial charge in [-0.25, -0.2) is 4.99 Å². The van der Waals surface area contributed by atoms with Gasteiger partial charge in [-0.3, -0.25) is 0 Å². The van der Waals surface area contributed by atoms with Crippen LogP contribution in [-0.4, -0.2) is 5.90 Å². The Balaban J connectivity index is 2.00. The molecule has 2 nitrogen and oxygen atoms in total. The van der Waals surface area contributed by atoms with Crippen molar-refractivity contribution in [3.63, 3.8) is 0 Å². The third-order valence-corrected chi connectivity index (χ3v) is 5.05. The van der Waals surface area contributed by atoms with Crippen LogP contribution in [0.5, 0.6) is 0 Å². The third kappa shape index (κ3) is 4.11. The van der Waals surface area contributed by atoms with E-state index < -0.39 is 11.7 Å². The summed E-state index contributed by atoms with van der Waals surface area (Å²) in [5.41, 5.74) is 1.49. The number of unbranched alkanes of at least 4 members (excludes halogenated alkanes) is 1. The fraction of sp³-hybridized carbons (Fsp3) is 0.250. The van der Waals surface area contributed by atoms with Crippen LogP contribution in [-0.2, 0) is 10.9 Å². The van der Waals surface area contributed by atoms with E-state index in [-0.39, 0.29) is 0 Å². The van der Waals surface area contributed by atoms with Crippen molar-refractivity contribution in [2.24, 2.45) is 4.99 Å². The Hall–Kier alpha value is -1.83. The van der Waals surface area contributed by atoms with E-state index in [4.69, 9.17) is 4.74 Å². The first kappa shape index (κ1) is 18.9. The van der Waals surface area contributed by atoms with Crippen molar-refractivity contribution in [1.82, 2.24) is 0 Å². The molecule has 2 aromatic carbocycles. The number of halogens is 4. The van der Waals surface area contributed by atoms with Crippen LogP contribution in [0.2, 0.25) is 0 Å². The highest BCUT2D eigenvalue weighted by molar-refractivity contribution is 14.1. The minimum atomic E-state index is -4.36. The molecule has 0 aromatic heterocycles. The quantitative estimate of drug-likeness (QED) is 0.436. The standard InChI is InChI=1S/C20H17F3INO/c1-2-3-7-16(24)18-15-6-4-5-8-17(15)25-19(26-18)13-9-11-14(12-10-13)20(21,22)23/h4-6,8-12H,2-3,7H2,1H3/b18-16-. The van der Waals surface area contributed by atoms with Gasteiger partial charge in [0.15, 0.2) is 0 Å². The molecule has 0 saturated carbocycles. The van der Waals surface area contributed by atoms with Crippen LogP contribution >= 0.6 is 22.6 Å². The van der Waals surface area contributed by atoms with Crippen LogP contribution in [0.1, 0.15) is 42.9 Å². The highest BCUT2D eigenvalue weighted by Gasteiger charge is 2.30. The van der Waals surface area contributed by atoms with Crippen molar-refractivity contribution in [3.8, 4) is 0 Å². The van der Waals surface area contributed by atoms with Gasteiger partial charge in [-0.05, 0) is 71.8 Å². The summed E-state index contributed by atoms with van der Waals surface area (Å²) < 4.78 is 45.4. The average molecular weight is 471 g/mol. The number of para-hydroxylation sites is 1. The Labute approximate surface area is 163 Å². The predicted molar refractivity (Wildman–Crippen MR) is 106 cm³/mol. The number of ether oxygens (including phenoxy) is 1. The zero-order valence-corrected chi connectivity index (χ0v) is 16.3. The molecular weight excluding hydrogens is 454 g/mol. The van der Waals surface area contributed by atoms with Crippen molar-refractivity contribution in [3.05, 3.63) is 68.8 Å². The molecule has 1 heterocycles. The summed E-state index contributed by atoms with van der Waals surface area (Å²) in [6.45, 7) is 2.12. The van der Waals surface area contributed by atoms with E-state index in [1.807, 2.05) is 24.3 Å². The molecule has 0 spiro atoms. The summed E-state index contributed by atoms with van der Waals surface area (Å²) in [5.74, 6) is 1.05. The number of hydrogen-bond donors (Lipinski definition) is 0. The molecule has 26 heavy (non-hydrogen) atoms. The number of fused-ring (bicyclic) bond motifs is 1. The second-order valence-corrected chi connectivity index (χ2v) is 7.25. The first-order chi connectivity index (χ1) is 12.4. The van der Waals surface area contributed by atoms with Gasteiger partial charge in [0.25, 0.3) is 0 Å². The van der Waals surface area contributed by atoms with Crippen LogP contribution in [0, 0.1) is 0 Å². The van der Waals surface area contributed by atoms with Crippen LogP contribution in [0.15, 0.2) is 57.1 Å². The summed E-state index contributed by atoms with van der Waals surface area (Å²) in [6.07, 6.45) is -1.36. The molecule has 0 bridgehead atoms. The van der Waals surface area contributed by atoms with E-state index in [0.29, 0.717) is 11.5 Å². The zero-order chi connectivity index (χ0) is 18.7. The molecule has 0 atom stereocenters. The lowest BCUT2D eigenvalue weighted by Crippen LogP contribution is -2.12. The molecule has 3 rings (SSSR count). The van der Waals surface area contributed by atoms with Gasteiger partial charge in [-0.2, -0.15) is 13.2 Å². The van der Waals surface area contributed by atoms with Gasteiger partial charge in [-0.1, -0.05) is 25.5 Å². The Kier molecular flexibility index (Phi) is 5.70. The fourth-order valence-corrected chi connectivity index (χ4v) is 3.40. The number of rotatable bonds is 4. The van der Waals surface area contributed by atoms with Gasteiger partial charge in [0.2, 0.25) is 5.90 Å². The van der Waals surface area contributed by atoms with Crippen molar-refractivity contribution in [2.45, 2.75) is 32.4 Å². The second kappa shape index (κ2) is 7.82. The van der Waals surface area contributed by atoms with Crippen LogP contribution in [0.4, 0.5) is 18.9 Å². The monoisotopic (exact) mass is 471 g/mol. The van der Waals surface area contributed by atoms with Gasteiger partial charge in [0.05, 0.1) is 11.3 Å². The van der Waals surface area contributed by atoms with Crippen LogP contribution in [0.3, 0.4) is 0 Å². The maximum Gasteiger partial charge on any atom is 0.416 e.